The maximum absolute atomic E-state index is 12.0. The fourth-order valence-corrected chi connectivity index (χ4v) is 3.19. The van der Waals surface area contributed by atoms with E-state index in [2.05, 4.69) is 0 Å². The predicted molar refractivity (Wildman–Crippen MR) is 96.8 cm³/mol. The SMILES string of the molecule is COCOc1ccc(CCCCC(=O)n2ccsc2=S)cc1OC. The molecule has 0 aliphatic carbocycles. The number of carbonyl (C=O) groups excluding carboxylic acids is 1. The number of hydrogen-bond donors (Lipinski definition) is 0. The minimum Gasteiger partial charge on any atom is -0.493 e. The van der Waals surface area contributed by atoms with Gasteiger partial charge in [-0.2, -0.15) is 0 Å². The highest BCUT2D eigenvalue weighted by atomic mass is 32.1. The van der Waals surface area contributed by atoms with Gasteiger partial charge in [-0.25, -0.2) is 0 Å². The van der Waals surface area contributed by atoms with Gasteiger partial charge in [0.2, 0.25) is 5.91 Å². The summed E-state index contributed by atoms with van der Waals surface area (Å²) in [6.45, 7) is 0.183. The zero-order valence-corrected chi connectivity index (χ0v) is 15.5. The van der Waals surface area contributed by atoms with Crippen LogP contribution < -0.4 is 9.47 Å². The minimum absolute atomic E-state index is 0.0575. The van der Waals surface area contributed by atoms with Crippen LogP contribution in [0.5, 0.6) is 11.5 Å². The quantitative estimate of drug-likeness (QED) is 0.375. The molecule has 0 aliphatic rings. The van der Waals surface area contributed by atoms with Crippen molar-refractivity contribution in [3.05, 3.63) is 39.3 Å². The number of unbranched alkanes of at least 4 members (excludes halogenated alkanes) is 1. The third-order valence-electron chi connectivity index (χ3n) is 3.51. The lowest BCUT2D eigenvalue weighted by Gasteiger charge is -2.11. The topological polar surface area (TPSA) is 49.7 Å². The van der Waals surface area contributed by atoms with Crippen molar-refractivity contribution in [3.8, 4) is 11.5 Å². The second kappa shape index (κ2) is 9.56. The molecule has 0 atom stereocenters. The molecular weight excluding hydrogens is 346 g/mol. The standard InChI is InChI=1S/C17H21NO4S2/c1-20-12-22-14-8-7-13(11-15(14)21-2)5-3-4-6-16(19)18-9-10-24-17(18)23/h7-11H,3-6,12H2,1-2H3. The van der Waals surface area contributed by atoms with E-state index in [0.717, 1.165) is 24.8 Å². The van der Waals surface area contributed by atoms with Crippen molar-refractivity contribution in [2.45, 2.75) is 25.7 Å². The lowest BCUT2D eigenvalue weighted by Crippen LogP contribution is -2.08. The summed E-state index contributed by atoms with van der Waals surface area (Å²) in [7, 11) is 3.19. The van der Waals surface area contributed by atoms with Crippen molar-refractivity contribution in [1.82, 2.24) is 4.57 Å². The van der Waals surface area contributed by atoms with E-state index < -0.39 is 0 Å². The molecule has 130 valence electrons. The summed E-state index contributed by atoms with van der Waals surface area (Å²) in [5.74, 6) is 1.40. The first-order valence-electron chi connectivity index (χ1n) is 7.63. The summed E-state index contributed by atoms with van der Waals surface area (Å²) in [5, 5.41) is 1.83. The number of aromatic nitrogens is 1. The minimum atomic E-state index is 0.0575. The Morgan fingerprint density at radius 1 is 1.25 bits per heavy atom. The Morgan fingerprint density at radius 3 is 2.75 bits per heavy atom. The molecule has 1 heterocycles. The summed E-state index contributed by atoms with van der Waals surface area (Å²) in [4.78, 5) is 12.0. The predicted octanol–water partition coefficient (Wildman–Crippen LogP) is 4.32. The van der Waals surface area contributed by atoms with E-state index in [1.165, 1.54) is 11.3 Å². The molecule has 0 saturated heterocycles. The Labute approximate surface area is 150 Å². The molecule has 0 aliphatic heterocycles. The van der Waals surface area contributed by atoms with Gasteiger partial charge in [0, 0.05) is 25.1 Å². The Bertz CT molecular complexity index is 723. The molecule has 24 heavy (non-hydrogen) atoms. The van der Waals surface area contributed by atoms with Crippen molar-refractivity contribution in [1.29, 1.82) is 0 Å². The molecular formula is C17H21NO4S2. The summed E-state index contributed by atoms with van der Waals surface area (Å²) in [6.07, 6.45) is 4.85. The zero-order chi connectivity index (χ0) is 17.4. The fourth-order valence-electron chi connectivity index (χ4n) is 2.29. The van der Waals surface area contributed by atoms with Crippen LogP contribution in [0.4, 0.5) is 0 Å². The zero-order valence-electron chi connectivity index (χ0n) is 13.8. The number of aryl methyl sites for hydroxylation is 1. The Kier molecular flexibility index (Phi) is 7.42. The summed E-state index contributed by atoms with van der Waals surface area (Å²) >= 11 is 6.52. The number of ether oxygens (including phenoxy) is 3. The maximum atomic E-state index is 12.0. The molecule has 1 aromatic heterocycles. The lowest BCUT2D eigenvalue weighted by atomic mass is 10.1. The number of benzene rings is 1. The molecule has 0 spiro atoms. The van der Waals surface area contributed by atoms with Crippen molar-refractivity contribution >= 4 is 29.5 Å². The Hall–Kier alpha value is -1.70. The van der Waals surface area contributed by atoms with E-state index in [9.17, 15) is 4.79 Å². The van der Waals surface area contributed by atoms with Crippen molar-refractivity contribution in [3.63, 3.8) is 0 Å². The van der Waals surface area contributed by atoms with Gasteiger partial charge in [0.1, 0.15) is 0 Å². The van der Waals surface area contributed by atoms with Gasteiger partial charge < -0.3 is 14.2 Å². The van der Waals surface area contributed by atoms with Gasteiger partial charge in [-0.1, -0.05) is 6.07 Å². The van der Waals surface area contributed by atoms with Gasteiger partial charge in [0.05, 0.1) is 7.11 Å². The van der Waals surface area contributed by atoms with Crippen LogP contribution in [0.15, 0.2) is 29.8 Å². The number of thiazole rings is 1. The van der Waals surface area contributed by atoms with Crippen LogP contribution in [0.2, 0.25) is 0 Å². The third kappa shape index (κ3) is 5.15. The van der Waals surface area contributed by atoms with Gasteiger partial charge in [0.25, 0.3) is 0 Å². The number of nitrogens with zero attached hydrogens (tertiary/aromatic N) is 1. The van der Waals surface area contributed by atoms with Crippen LogP contribution >= 0.6 is 23.6 Å². The molecule has 1 aromatic carbocycles. The fraction of sp³-hybridized carbons (Fsp3) is 0.412. The number of methoxy groups -OCH3 is 2. The van der Waals surface area contributed by atoms with E-state index >= 15 is 0 Å². The normalized spacial score (nSPS) is 10.6. The molecule has 0 bridgehead atoms. The van der Waals surface area contributed by atoms with Crippen LogP contribution in [-0.2, 0) is 11.2 Å². The smallest absolute Gasteiger partial charge is 0.232 e. The van der Waals surface area contributed by atoms with Gasteiger partial charge in [0.15, 0.2) is 22.2 Å². The molecule has 5 nitrogen and oxygen atoms in total. The molecule has 2 aromatic rings. The monoisotopic (exact) mass is 367 g/mol. The van der Waals surface area contributed by atoms with E-state index in [-0.39, 0.29) is 12.7 Å². The number of rotatable bonds is 9. The molecule has 0 radical (unpaired) electrons. The van der Waals surface area contributed by atoms with E-state index in [0.29, 0.717) is 21.9 Å². The van der Waals surface area contributed by atoms with Gasteiger partial charge in [-0.05, 0) is 49.2 Å². The molecule has 0 unspecified atom stereocenters. The van der Waals surface area contributed by atoms with Gasteiger partial charge in [-0.15, -0.1) is 11.3 Å². The van der Waals surface area contributed by atoms with Crippen LogP contribution in [0.1, 0.15) is 29.6 Å². The number of hydrogen-bond acceptors (Lipinski definition) is 6. The first kappa shape index (κ1) is 18.6. The van der Waals surface area contributed by atoms with Crippen LogP contribution in [-0.4, -0.2) is 31.5 Å². The largest absolute Gasteiger partial charge is 0.493 e. The molecule has 0 saturated carbocycles. The Balaban J connectivity index is 1.83. The highest BCUT2D eigenvalue weighted by Gasteiger charge is 2.08. The van der Waals surface area contributed by atoms with Crippen LogP contribution in [0.25, 0.3) is 0 Å². The van der Waals surface area contributed by atoms with Gasteiger partial charge >= 0.3 is 0 Å². The van der Waals surface area contributed by atoms with E-state index in [1.807, 2.05) is 23.6 Å². The number of carbonyl (C=O) groups is 1. The van der Waals surface area contributed by atoms with E-state index in [1.54, 1.807) is 25.0 Å². The average molecular weight is 367 g/mol. The summed E-state index contributed by atoms with van der Waals surface area (Å²) in [6, 6.07) is 5.84. The first-order chi connectivity index (χ1) is 11.7. The summed E-state index contributed by atoms with van der Waals surface area (Å²) < 4.78 is 17.8. The lowest BCUT2D eigenvalue weighted by molar-refractivity contribution is 0.0491. The van der Waals surface area contributed by atoms with Crippen molar-refractivity contribution in [2.24, 2.45) is 0 Å². The van der Waals surface area contributed by atoms with Crippen molar-refractivity contribution in [2.75, 3.05) is 21.0 Å². The maximum Gasteiger partial charge on any atom is 0.232 e. The molecule has 2 rings (SSSR count). The first-order valence-corrected chi connectivity index (χ1v) is 8.92. The molecule has 7 heteroatoms. The third-order valence-corrected chi connectivity index (χ3v) is 4.65. The highest BCUT2D eigenvalue weighted by molar-refractivity contribution is 7.73. The molecule has 0 amide bonds. The second-order valence-corrected chi connectivity index (χ2v) is 6.72. The van der Waals surface area contributed by atoms with Gasteiger partial charge in [-0.3, -0.25) is 9.36 Å². The summed E-state index contributed by atoms with van der Waals surface area (Å²) in [5.41, 5.74) is 1.15. The molecule has 0 fully saturated rings. The van der Waals surface area contributed by atoms with Crippen molar-refractivity contribution < 1.29 is 19.0 Å². The Morgan fingerprint density at radius 2 is 2.08 bits per heavy atom. The van der Waals surface area contributed by atoms with E-state index in [4.69, 9.17) is 26.4 Å². The van der Waals surface area contributed by atoms with Crippen LogP contribution in [0, 0.1) is 3.95 Å². The molecule has 0 N–H and O–H groups in total. The van der Waals surface area contributed by atoms with Crippen LogP contribution in [0.3, 0.4) is 0 Å². The average Bonchev–Trinajstić information content (AvgIpc) is 3.03. The highest BCUT2D eigenvalue weighted by Crippen LogP contribution is 2.28. The second-order valence-electron chi connectivity index (χ2n) is 5.18.